The standard InChI is InChI=1S/C18H19N3O3/c1-12(22)20-15-7-3-13(4-8-15)11-17(23)21-16-9-5-14(6-10-16)18(24)19-2/h3-10H,11H2,1-2H3,(H,19,24)(H,20,22)(H,21,23). The Kier molecular flexibility index (Phi) is 5.68. The summed E-state index contributed by atoms with van der Waals surface area (Å²) in [4.78, 5) is 34.5. The summed E-state index contributed by atoms with van der Waals surface area (Å²) >= 11 is 0. The Balaban J connectivity index is 1.93. The molecule has 6 nitrogen and oxygen atoms in total. The molecule has 124 valence electrons. The van der Waals surface area contributed by atoms with Gasteiger partial charge in [0, 0.05) is 30.9 Å². The third kappa shape index (κ3) is 4.95. The van der Waals surface area contributed by atoms with Gasteiger partial charge in [0.05, 0.1) is 6.42 Å². The van der Waals surface area contributed by atoms with Crippen molar-refractivity contribution >= 4 is 29.1 Å². The average molecular weight is 325 g/mol. The monoisotopic (exact) mass is 325 g/mol. The van der Waals surface area contributed by atoms with Crippen LogP contribution in [0.25, 0.3) is 0 Å². The van der Waals surface area contributed by atoms with E-state index in [0.29, 0.717) is 16.9 Å². The minimum absolute atomic E-state index is 0.138. The average Bonchev–Trinajstić information content (AvgIpc) is 2.56. The van der Waals surface area contributed by atoms with E-state index in [0.717, 1.165) is 5.56 Å². The first-order valence-electron chi connectivity index (χ1n) is 7.46. The largest absolute Gasteiger partial charge is 0.355 e. The Labute approximate surface area is 140 Å². The van der Waals surface area contributed by atoms with E-state index in [4.69, 9.17) is 0 Å². The van der Waals surface area contributed by atoms with Gasteiger partial charge in [-0.05, 0) is 42.0 Å². The van der Waals surface area contributed by atoms with Crippen molar-refractivity contribution in [2.45, 2.75) is 13.3 Å². The van der Waals surface area contributed by atoms with Gasteiger partial charge in [-0.15, -0.1) is 0 Å². The van der Waals surface area contributed by atoms with E-state index < -0.39 is 0 Å². The van der Waals surface area contributed by atoms with Crippen molar-refractivity contribution in [3.63, 3.8) is 0 Å². The number of anilines is 2. The van der Waals surface area contributed by atoms with Crippen molar-refractivity contribution in [1.82, 2.24) is 5.32 Å². The molecule has 0 atom stereocenters. The van der Waals surface area contributed by atoms with Crippen molar-refractivity contribution in [2.24, 2.45) is 0 Å². The highest BCUT2D eigenvalue weighted by Gasteiger charge is 2.06. The van der Waals surface area contributed by atoms with E-state index in [9.17, 15) is 14.4 Å². The quantitative estimate of drug-likeness (QED) is 0.787. The van der Waals surface area contributed by atoms with Crippen LogP contribution in [0.3, 0.4) is 0 Å². The fraction of sp³-hybridized carbons (Fsp3) is 0.167. The summed E-state index contributed by atoms with van der Waals surface area (Å²) < 4.78 is 0. The van der Waals surface area contributed by atoms with Crippen LogP contribution in [0.1, 0.15) is 22.8 Å². The first-order valence-corrected chi connectivity index (χ1v) is 7.46. The maximum atomic E-state index is 12.1. The third-order valence-electron chi connectivity index (χ3n) is 3.30. The van der Waals surface area contributed by atoms with Crippen LogP contribution < -0.4 is 16.0 Å². The molecular formula is C18H19N3O3. The fourth-order valence-corrected chi connectivity index (χ4v) is 2.15. The van der Waals surface area contributed by atoms with E-state index in [2.05, 4.69) is 16.0 Å². The van der Waals surface area contributed by atoms with Crippen LogP contribution in [-0.2, 0) is 16.0 Å². The molecule has 0 aliphatic heterocycles. The maximum absolute atomic E-state index is 12.1. The van der Waals surface area contributed by atoms with Gasteiger partial charge in [-0.1, -0.05) is 12.1 Å². The predicted octanol–water partition coefficient (Wildman–Crippen LogP) is 2.19. The molecule has 0 aromatic heterocycles. The molecule has 2 aromatic rings. The lowest BCUT2D eigenvalue weighted by molar-refractivity contribution is -0.116. The van der Waals surface area contributed by atoms with E-state index >= 15 is 0 Å². The zero-order chi connectivity index (χ0) is 17.5. The molecule has 2 rings (SSSR count). The molecule has 0 aliphatic carbocycles. The Hall–Kier alpha value is -3.15. The summed E-state index contributed by atoms with van der Waals surface area (Å²) in [6.45, 7) is 1.44. The van der Waals surface area contributed by atoms with E-state index in [1.165, 1.54) is 6.92 Å². The van der Waals surface area contributed by atoms with Crippen LogP contribution in [0.5, 0.6) is 0 Å². The summed E-state index contributed by atoms with van der Waals surface area (Å²) in [5, 5.41) is 7.99. The highest BCUT2D eigenvalue weighted by Crippen LogP contribution is 2.13. The minimum atomic E-state index is -0.174. The smallest absolute Gasteiger partial charge is 0.251 e. The molecule has 24 heavy (non-hydrogen) atoms. The molecule has 0 bridgehead atoms. The number of rotatable bonds is 5. The summed E-state index contributed by atoms with van der Waals surface area (Å²) in [6, 6.07) is 13.8. The van der Waals surface area contributed by atoms with Gasteiger partial charge in [0.2, 0.25) is 11.8 Å². The SMILES string of the molecule is CNC(=O)c1ccc(NC(=O)Cc2ccc(NC(C)=O)cc2)cc1. The Morgan fingerprint density at radius 3 is 1.92 bits per heavy atom. The van der Waals surface area contributed by atoms with Crippen molar-refractivity contribution in [2.75, 3.05) is 17.7 Å². The second kappa shape index (κ2) is 7.92. The van der Waals surface area contributed by atoms with Gasteiger partial charge in [0.15, 0.2) is 0 Å². The van der Waals surface area contributed by atoms with Crippen LogP contribution in [-0.4, -0.2) is 24.8 Å². The van der Waals surface area contributed by atoms with Crippen molar-refractivity contribution in [3.05, 3.63) is 59.7 Å². The molecule has 0 fully saturated rings. The van der Waals surface area contributed by atoms with Gasteiger partial charge in [0.1, 0.15) is 0 Å². The summed E-state index contributed by atoms with van der Waals surface area (Å²) in [7, 11) is 1.56. The number of hydrogen-bond donors (Lipinski definition) is 3. The highest BCUT2D eigenvalue weighted by molar-refractivity contribution is 5.96. The van der Waals surface area contributed by atoms with Gasteiger partial charge in [-0.3, -0.25) is 14.4 Å². The van der Waals surface area contributed by atoms with Crippen LogP contribution in [0, 0.1) is 0 Å². The van der Waals surface area contributed by atoms with Crippen LogP contribution in [0.2, 0.25) is 0 Å². The highest BCUT2D eigenvalue weighted by atomic mass is 16.2. The molecule has 0 aliphatic rings. The molecule has 3 N–H and O–H groups in total. The predicted molar refractivity (Wildman–Crippen MR) is 92.9 cm³/mol. The van der Waals surface area contributed by atoms with Crippen LogP contribution >= 0.6 is 0 Å². The van der Waals surface area contributed by atoms with Crippen LogP contribution in [0.15, 0.2) is 48.5 Å². The molecule has 0 saturated carbocycles. The molecule has 3 amide bonds. The lowest BCUT2D eigenvalue weighted by Crippen LogP contribution is -2.18. The zero-order valence-electron chi connectivity index (χ0n) is 13.6. The number of benzene rings is 2. The van der Waals surface area contributed by atoms with Crippen molar-refractivity contribution < 1.29 is 14.4 Å². The van der Waals surface area contributed by atoms with Gasteiger partial charge in [0.25, 0.3) is 5.91 Å². The lowest BCUT2D eigenvalue weighted by atomic mass is 10.1. The third-order valence-corrected chi connectivity index (χ3v) is 3.30. The first kappa shape index (κ1) is 17.2. The summed E-state index contributed by atoms with van der Waals surface area (Å²) in [5.74, 6) is -0.470. The molecule has 0 saturated heterocycles. The number of amides is 3. The molecule has 2 aromatic carbocycles. The summed E-state index contributed by atoms with van der Waals surface area (Å²) in [6.07, 6.45) is 0.220. The van der Waals surface area contributed by atoms with Crippen molar-refractivity contribution in [3.8, 4) is 0 Å². The number of nitrogens with one attached hydrogen (secondary N) is 3. The Morgan fingerprint density at radius 2 is 1.38 bits per heavy atom. The minimum Gasteiger partial charge on any atom is -0.355 e. The van der Waals surface area contributed by atoms with Crippen LogP contribution in [0.4, 0.5) is 11.4 Å². The lowest BCUT2D eigenvalue weighted by Gasteiger charge is -2.07. The number of hydrogen-bond acceptors (Lipinski definition) is 3. The molecule has 0 radical (unpaired) electrons. The number of carbonyl (C=O) groups is 3. The first-order chi connectivity index (χ1) is 11.5. The zero-order valence-corrected chi connectivity index (χ0v) is 13.6. The summed E-state index contributed by atoms with van der Waals surface area (Å²) in [5.41, 5.74) is 2.69. The molecule has 0 heterocycles. The van der Waals surface area contributed by atoms with E-state index in [1.807, 2.05) is 0 Å². The number of carbonyl (C=O) groups excluding carboxylic acids is 3. The Morgan fingerprint density at radius 1 is 0.833 bits per heavy atom. The molecule has 0 unspecified atom stereocenters. The van der Waals surface area contributed by atoms with Gasteiger partial charge in [-0.2, -0.15) is 0 Å². The van der Waals surface area contributed by atoms with Crippen molar-refractivity contribution in [1.29, 1.82) is 0 Å². The fourth-order valence-electron chi connectivity index (χ4n) is 2.15. The van der Waals surface area contributed by atoms with Gasteiger partial charge < -0.3 is 16.0 Å². The molecule has 6 heteroatoms. The molecule has 0 spiro atoms. The second-order valence-electron chi connectivity index (χ2n) is 5.26. The maximum Gasteiger partial charge on any atom is 0.251 e. The van der Waals surface area contributed by atoms with E-state index in [1.54, 1.807) is 55.6 Å². The topological polar surface area (TPSA) is 87.3 Å². The second-order valence-corrected chi connectivity index (χ2v) is 5.26. The Bertz CT molecular complexity index is 737. The van der Waals surface area contributed by atoms with Gasteiger partial charge in [-0.25, -0.2) is 0 Å². The van der Waals surface area contributed by atoms with E-state index in [-0.39, 0.29) is 24.1 Å². The van der Waals surface area contributed by atoms with Gasteiger partial charge >= 0.3 is 0 Å². The normalized spacial score (nSPS) is 9.92. The molecular weight excluding hydrogens is 306 g/mol.